The molecular weight excluding hydrogens is 235 g/mol. The van der Waals surface area contributed by atoms with Crippen molar-refractivity contribution in [3.63, 3.8) is 0 Å². The Hall–Kier alpha value is -2.36. The van der Waals surface area contributed by atoms with Crippen molar-refractivity contribution in [3.05, 3.63) is 59.9 Å². The first-order valence-corrected chi connectivity index (χ1v) is 5.32. The highest BCUT2D eigenvalue weighted by atomic mass is 19.1. The third-order valence-corrected chi connectivity index (χ3v) is 2.37. The summed E-state index contributed by atoms with van der Waals surface area (Å²) >= 11 is 0. The molecule has 0 bridgehead atoms. The van der Waals surface area contributed by atoms with Gasteiger partial charge in [0.1, 0.15) is 11.3 Å². The number of carbonyl (C=O) groups excluding carboxylic acids is 1. The Kier molecular flexibility index (Phi) is 3.57. The Morgan fingerprint density at radius 3 is 2.28 bits per heavy atom. The molecule has 2 aromatic carbocycles. The number of methoxy groups -OCH3 is 1. The smallest absolute Gasteiger partial charge is 0.347 e. The molecule has 0 aliphatic heterocycles. The van der Waals surface area contributed by atoms with Crippen LogP contribution in [0, 0.1) is 5.82 Å². The Bertz CT molecular complexity index is 566. The van der Waals surface area contributed by atoms with E-state index in [1.165, 1.54) is 25.3 Å². The summed E-state index contributed by atoms with van der Waals surface area (Å²) in [6.45, 7) is 0. The fraction of sp³-hybridized carbons (Fsp3) is 0.0714. The second kappa shape index (κ2) is 5.31. The molecule has 0 saturated heterocycles. The normalized spacial score (nSPS) is 9.89. The minimum atomic E-state index is -0.655. The van der Waals surface area contributed by atoms with Crippen LogP contribution in [0.1, 0.15) is 10.4 Å². The molecule has 0 fully saturated rings. The molecule has 0 heterocycles. The van der Waals surface area contributed by atoms with E-state index in [0.717, 1.165) is 0 Å². The van der Waals surface area contributed by atoms with Crippen LogP contribution in [0.5, 0.6) is 11.5 Å². The lowest BCUT2D eigenvalue weighted by atomic mass is 10.2. The molecule has 0 unspecified atom stereocenters. The third-order valence-electron chi connectivity index (χ3n) is 2.37. The van der Waals surface area contributed by atoms with Crippen LogP contribution in [0.3, 0.4) is 0 Å². The zero-order valence-electron chi connectivity index (χ0n) is 9.72. The van der Waals surface area contributed by atoms with E-state index in [4.69, 9.17) is 9.47 Å². The largest absolute Gasteiger partial charge is 0.496 e. The van der Waals surface area contributed by atoms with Crippen molar-refractivity contribution in [2.45, 2.75) is 0 Å². The van der Waals surface area contributed by atoms with Gasteiger partial charge in [-0.15, -0.1) is 0 Å². The minimum Gasteiger partial charge on any atom is -0.496 e. The highest BCUT2D eigenvalue weighted by Crippen LogP contribution is 2.21. The summed E-state index contributed by atoms with van der Waals surface area (Å²) in [5.41, 5.74) is 0.253. The van der Waals surface area contributed by atoms with Crippen LogP contribution in [0.2, 0.25) is 0 Å². The van der Waals surface area contributed by atoms with E-state index in [-0.39, 0.29) is 11.3 Å². The van der Waals surface area contributed by atoms with Gasteiger partial charge < -0.3 is 9.47 Å². The van der Waals surface area contributed by atoms with E-state index in [1.54, 1.807) is 30.3 Å². The van der Waals surface area contributed by atoms with E-state index < -0.39 is 11.8 Å². The van der Waals surface area contributed by atoms with E-state index in [1.807, 2.05) is 0 Å². The Morgan fingerprint density at radius 1 is 1.00 bits per heavy atom. The van der Waals surface area contributed by atoms with Gasteiger partial charge in [0.25, 0.3) is 0 Å². The fourth-order valence-electron chi connectivity index (χ4n) is 1.50. The molecule has 18 heavy (non-hydrogen) atoms. The van der Waals surface area contributed by atoms with Crippen molar-refractivity contribution >= 4 is 5.97 Å². The first kappa shape index (κ1) is 12.1. The van der Waals surface area contributed by atoms with E-state index in [2.05, 4.69) is 0 Å². The number of esters is 1. The van der Waals surface area contributed by atoms with Crippen molar-refractivity contribution in [2.24, 2.45) is 0 Å². The maximum absolute atomic E-state index is 13.3. The van der Waals surface area contributed by atoms with Gasteiger partial charge in [-0.05, 0) is 24.3 Å². The molecule has 0 saturated carbocycles. The molecule has 0 spiro atoms. The molecule has 0 radical (unpaired) electrons. The number of hydrogen-bond donors (Lipinski definition) is 0. The molecule has 4 heteroatoms. The second-order valence-corrected chi connectivity index (χ2v) is 3.52. The molecular formula is C14H11FO3. The molecule has 0 aliphatic carbocycles. The molecule has 0 aliphatic rings. The van der Waals surface area contributed by atoms with Gasteiger partial charge >= 0.3 is 5.97 Å². The predicted octanol–water partition coefficient (Wildman–Crippen LogP) is 3.05. The molecule has 92 valence electrons. The highest BCUT2D eigenvalue weighted by Gasteiger charge is 2.15. The Labute approximate surface area is 104 Å². The molecule has 0 amide bonds. The van der Waals surface area contributed by atoms with Crippen LogP contribution in [-0.4, -0.2) is 13.1 Å². The number of hydrogen-bond acceptors (Lipinski definition) is 3. The molecule has 0 N–H and O–H groups in total. The summed E-state index contributed by atoms with van der Waals surface area (Å²) in [5, 5.41) is 0. The van der Waals surface area contributed by atoms with Crippen molar-refractivity contribution in [2.75, 3.05) is 7.11 Å². The van der Waals surface area contributed by atoms with Crippen molar-refractivity contribution in [1.82, 2.24) is 0 Å². The highest BCUT2D eigenvalue weighted by molar-refractivity contribution is 5.93. The maximum atomic E-state index is 13.3. The van der Waals surface area contributed by atoms with Gasteiger partial charge in [-0.2, -0.15) is 0 Å². The van der Waals surface area contributed by atoms with E-state index in [0.29, 0.717) is 5.75 Å². The van der Waals surface area contributed by atoms with Crippen molar-refractivity contribution < 1.29 is 18.7 Å². The van der Waals surface area contributed by atoms with Gasteiger partial charge in [-0.25, -0.2) is 9.18 Å². The van der Waals surface area contributed by atoms with Crippen LogP contribution in [0.25, 0.3) is 0 Å². The predicted molar refractivity (Wildman–Crippen MR) is 64.4 cm³/mol. The van der Waals surface area contributed by atoms with Crippen molar-refractivity contribution in [3.8, 4) is 11.5 Å². The number of carbonyl (C=O) groups is 1. The average molecular weight is 246 g/mol. The van der Waals surface area contributed by atoms with Gasteiger partial charge in [0.15, 0.2) is 11.6 Å². The summed E-state index contributed by atoms with van der Waals surface area (Å²) in [6.07, 6.45) is 0. The van der Waals surface area contributed by atoms with Gasteiger partial charge in [0, 0.05) is 0 Å². The summed E-state index contributed by atoms with van der Waals surface area (Å²) in [6, 6.07) is 12.3. The van der Waals surface area contributed by atoms with Gasteiger partial charge in [0.05, 0.1) is 7.11 Å². The van der Waals surface area contributed by atoms with Gasteiger partial charge in [-0.1, -0.05) is 24.3 Å². The van der Waals surface area contributed by atoms with Gasteiger partial charge in [-0.3, -0.25) is 0 Å². The zero-order valence-corrected chi connectivity index (χ0v) is 9.72. The SMILES string of the molecule is COc1ccccc1C(=O)Oc1ccccc1F. The number of rotatable bonds is 3. The number of benzene rings is 2. The first-order valence-electron chi connectivity index (χ1n) is 5.32. The minimum absolute atomic E-state index is 0.103. The number of halogens is 1. The first-order chi connectivity index (χ1) is 8.72. The lowest BCUT2D eigenvalue weighted by Crippen LogP contribution is -2.10. The molecule has 2 rings (SSSR count). The summed E-state index contributed by atoms with van der Waals surface area (Å²) in [4.78, 5) is 11.9. The monoisotopic (exact) mass is 246 g/mol. The lowest BCUT2D eigenvalue weighted by Gasteiger charge is -2.08. The third kappa shape index (κ3) is 2.48. The summed E-state index contributed by atoms with van der Waals surface area (Å²) < 4.78 is 23.4. The van der Waals surface area contributed by atoms with Crippen LogP contribution in [0.15, 0.2) is 48.5 Å². The lowest BCUT2D eigenvalue weighted by molar-refractivity contribution is 0.0724. The van der Waals surface area contributed by atoms with E-state index in [9.17, 15) is 9.18 Å². The van der Waals surface area contributed by atoms with Gasteiger partial charge in [0.2, 0.25) is 0 Å². The van der Waals surface area contributed by atoms with Crippen LogP contribution in [0.4, 0.5) is 4.39 Å². The average Bonchev–Trinajstić information content (AvgIpc) is 2.41. The van der Waals surface area contributed by atoms with Crippen LogP contribution in [-0.2, 0) is 0 Å². The molecule has 3 nitrogen and oxygen atoms in total. The standard InChI is InChI=1S/C14H11FO3/c1-17-12-8-4-2-6-10(12)14(16)18-13-9-5-3-7-11(13)15/h2-9H,1H3. The quantitative estimate of drug-likeness (QED) is 0.616. The second-order valence-electron chi connectivity index (χ2n) is 3.52. The molecule has 0 atom stereocenters. The molecule has 0 aromatic heterocycles. The molecule has 2 aromatic rings. The number of para-hydroxylation sites is 2. The van der Waals surface area contributed by atoms with Crippen LogP contribution >= 0.6 is 0 Å². The summed E-state index contributed by atoms with van der Waals surface area (Å²) in [5.74, 6) is -0.953. The summed E-state index contributed by atoms with van der Waals surface area (Å²) in [7, 11) is 1.45. The van der Waals surface area contributed by atoms with Crippen LogP contribution < -0.4 is 9.47 Å². The fourth-order valence-corrected chi connectivity index (χ4v) is 1.50. The zero-order chi connectivity index (χ0) is 13.0. The van der Waals surface area contributed by atoms with Crippen molar-refractivity contribution in [1.29, 1.82) is 0 Å². The Balaban J connectivity index is 2.25. The number of ether oxygens (including phenoxy) is 2. The topological polar surface area (TPSA) is 35.5 Å². The van der Waals surface area contributed by atoms with E-state index >= 15 is 0 Å². The maximum Gasteiger partial charge on any atom is 0.347 e. The Morgan fingerprint density at radius 2 is 1.61 bits per heavy atom.